The van der Waals surface area contributed by atoms with Crippen LogP contribution in [0.1, 0.15) is 19.8 Å². The van der Waals surface area contributed by atoms with Gasteiger partial charge in [-0.25, -0.2) is 0 Å². The maximum atomic E-state index is 14.3. The van der Waals surface area contributed by atoms with E-state index in [-0.39, 0.29) is 36.4 Å². The van der Waals surface area contributed by atoms with Crippen LogP contribution in [-0.4, -0.2) is 76.2 Å². The van der Waals surface area contributed by atoms with E-state index in [1.54, 1.807) is 30.3 Å². The van der Waals surface area contributed by atoms with Crippen molar-refractivity contribution >= 4 is 51.0 Å². The summed E-state index contributed by atoms with van der Waals surface area (Å²) in [7, 11) is 0. The van der Waals surface area contributed by atoms with Crippen molar-refractivity contribution in [2.45, 2.75) is 48.4 Å². The van der Waals surface area contributed by atoms with Gasteiger partial charge in [-0.1, -0.05) is 53.2 Å². The monoisotopic (exact) mass is 580 g/mol. The molecule has 3 fully saturated rings. The minimum atomic E-state index is -1.25. The van der Waals surface area contributed by atoms with E-state index in [1.165, 1.54) is 15.9 Å². The van der Waals surface area contributed by atoms with Gasteiger partial charge in [0.2, 0.25) is 5.91 Å². The number of nitrogens with zero attached hydrogens (tertiary/aromatic N) is 2. The van der Waals surface area contributed by atoms with E-state index in [1.807, 2.05) is 6.92 Å². The van der Waals surface area contributed by atoms with E-state index in [9.17, 15) is 19.5 Å². The summed E-state index contributed by atoms with van der Waals surface area (Å²) in [6, 6.07) is 5.13. The van der Waals surface area contributed by atoms with Crippen LogP contribution < -0.4 is 4.90 Å². The molecule has 0 aliphatic carbocycles. The Hall–Kier alpha value is -2.20. The molecule has 10 heteroatoms. The number of hydrogen-bond donors (Lipinski definition) is 1. The summed E-state index contributed by atoms with van der Waals surface area (Å²) in [5.41, 5.74) is -0.669. The van der Waals surface area contributed by atoms with E-state index >= 15 is 0 Å². The Balaban J connectivity index is 1.82. The normalized spacial score (nSPS) is 31.2. The molecule has 7 atom stereocenters. The van der Waals surface area contributed by atoms with Crippen molar-refractivity contribution in [2.75, 3.05) is 24.7 Å². The molecule has 3 saturated heterocycles. The SMILES string of the molecule is C=CCOC(=O)[C@H]1[C@H]2C(=O)N([C@@H](CC)CO)C(C(=O)N(CC=C)c3ccc(Cl)cc3)C23CC(Br)[C@@H]1O3. The van der Waals surface area contributed by atoms with E-state index in [4.69, 9.17) is 21.1 Å². The number of aliphatic hydroxyl groups is 1. The van der Waals surface area contributed by atoms with Gasteiger partial charge in [0.25, 0.3) is 5.91 Å². The molecule has 2 amide bonds. The number of carbonyl (C=O) groups excluding carboxylic acids is 3. The first kappa shape index (κ1) is 26.9. The van der Waals surface area contributed by atoms with Gasteiger partial charge < -0.3 is 24.4 Å². The third kappa shape index (κ3) is 4.20. The predicted octanol–water partition coefficient (Wildman–Crippen LogP) is 3.11. The average molecular weight is 582 g/mol. The van der Waals surface area contributed by atoms with Gasteiger partial charge in [0.1, 0.15) is 18.2 Å². The molecule has 3 unspecified atom stereocenters. The lowest BCUT2D eigenvalue weighted by molar-refractivity contribution is -0.154. The summed E-state index contributed by atoms with van der Waals surface area (Å²) in [4.78, 5) is 44.1. The summed E-state index contributed by atoms with van der Waals surface area (Å²) in [6.07, 6.45) is 3.22. The lowest BCUT2D eigenvalue weighted by Gasteiger charge is -2.39. The highest BCUT2D eigenvalue weighted by Crippen LogP contribution is 2.60. The third-order valence-corrected chi connectivity index (χ3v) is 8.46. The molecule has 36 heavy (non-hydrogen) atoms. The first-order valence-electron chi connectivity index (χ1n) is 12.0. The Morgan fingerprint density at radius 2 is 2.06 bits per heavy atom. The molecule has 0 radical (unpaired) electrons. The molecular weight excluding hydrogens is 552 g/mol. The fourth-order valence-corrected chi connectivity index (χ4v) is 6.95. The molecule has 3 aliphatic rings. The number of amides is 2. The summed E-state index contributed by atoms with van der Waals surface area (Å²) in [6.45, 7) is 9.07. The molecule has 2 bridgehead atoms. The zero-order valence-electron chi connectivity index (χ0n) is 20.0. The summed E-state index contributed by atoms with van der Waals surface area (Å²) in [5, 5.41) is 10.7. The third-order valence-electron chi connectivity index (χ3n) is 7.37. The lowest BCUT2D eigenvalue weighted by atomic mass is 9.70. The molecule has 1 aromatic carbocycles. The molecule has 1 N–H and O–H groups in total. The van der Waals surface area contributed by atoms with Crippen LogP contribution >= 0.6 is 27.5 Å². The first-order chi connectivity index (χ1) is 17.2. The van der Waals surface area contributed by atoms with Crippen molar-refractivity contribution in [3.05, 3.63) is 54.6 Å². The number of anilines is 1. The van der Waals surface area contributed by atoms with Crippen molar-refractivity contribution < 1.29 is 29.0 Å². The minimum Gasteiger partial charge on any atom is -0.461 e. The number of ether oxygens (including phenoxy) is 2. The van der Waals surface area contributed by atoms with Crippen LogP contribution in [0.2, 0.25) is 5.02 Å². The number of likely N-dealkylation sites (tertiary alicyclic amines) is 1. The van der Waals surface area contributed by atoms with Crippen molar-refractivity contribution in [3.63, 3.8) is 0 Å². The van der Waals surface area contributed by atoms with E-state index in [2.05, 4.69) is 29.1 Å². The Kier molecular flexibility index (Phi) is 7.95. The molecule has 3 heterocycles. The fourth-order valence-electron chi connectivity index (χ4n) is 5.88. The Labute approximate surface area is 224 Å². The maximum absolute atomic E-state index is 14.3. The molecular formula is C26H30BrClN2O6. The number of aliphatic hydroxyl groups excluding tert-OH is 1. The summed E-state index contributed by atoms with van der Waals surface area (Å²) in [5.74, 6) is -3.10. The molecule has 0 saturated carbocycles. The highest BCUT2D eigenvalue weighted by molar-refractivity contribution is 9.09. The van der Waals surface area contributed by atoms with Crippen molar-refractivity contribution in [2.24, 2.45) is 11.8 Å². The standard InChI is InChI=1S/C26H30BrClN2O6/c1-4-11-29(17-9-7-15(28)8-10-17)24(33)22-26-13-18(27)21(36-26)19(25(34)35-12-5-2)20(26)23(32)30(22)16(6-3)14-31/h4-5,7-10,16,18-22,31H,1-2,6,11-14H2,3H3/t16-,18?,19-,20-,21-,22?,26?/m0/s1. The van der Waals surface area contributed by atoms with Crippen LogP contribution in [0.15, 0.2) is 49.6 Å². The molecule has 4 rings (SSSR count). The zero-order valence-corrected chi connectivity index (χ0v) is 22.4. The summed E-state index contributed by atoms with van der Waals surface area (Å²) >= 11 is 9.69. The molecule has 194 valence electrons. The molecule has 0 aromatic heterocycles. The average Bonchev–Trinajstić information content (AvgIpc) is 3.46. The van der Waals surface area contributed by atoms with Gasteiger partial charge in [0, 0.05) is 22.1 Å². The number of fused-ring (bicyclic) bond motifs is 1. The number of halogens is 2. The van der Waals surface area contributed by atoms with Crippen LogP contribution in [0.5, 0.6) is 0 Å². The highest BCUT2D eigenvalue weighted by Gasteiger charge is 2.77. The Bertz CT molecular complexity index is 1050. The zero-order chi connectivity index (χ0) is 26.2. The molecule has 1 aromatic rings. The van der Waals surface area contributed by atoms with Crippen LogP contribution in [0, 0.1) is 11.8 Å². The fraction of sp³-hybridized carbons (Fsp3) is 0.500. The van der Waals surface area contributed by atoms with Crippen molar-refractivity contribution in [3.8, 4) is 0 Å². The second-order valence-corrected chi connectivity index (χ2v) is 10.9. The van der Waals surface area contributed by atoms with Crippen LogP contribution in [-0.2, 0) is 23.9 Å². The van der Waals surface area contributed by atoms with Gasteiger partial charge in [0.05, 0.1) is 30.6 Å². The van der Waals surface area contributed by atoms with E-state index in [0.717, 1.165) is 0 Å². The summed E-state index contributed by atoms with van der Waals surface area (Å²) < 4.78 is 11.8. The van der Waals surface area contributed by atoms with Gasteiger partial charge in [0.15, 0.2) is 0 Å². The number of alkyl halides is 1. The van der Waals surface area contributed by atoms with Gasteiger partial charge in [-0.2, -0.15) is 0 Å². The highest BCUT2D eigenvalue weighted by atomic mass is 79.9. The predicted molar refractivity (Wildman–Crippen MR) is 139 cm³/mol. The quantitative estimate of drug-likeness (QED) is 0.259. The molecule has 1 spiro atoms. The van der Waals surface area contributed by atoms with Crippen molar-refractivity contribution in [1.29, 1.82) is 0 Å². The van der Waals surface area contributed by atoms with Gasteiger partial charge in [-0.05, 0) is 37.1 Å². The number of benzene rings is 1. The van der Waals surface area contributed by atoms with Gasteiger partial charge >= 0.3 is 5.97 Å². The lowest BCUT2D eigenvalue weighted by Crippen LogP contribution is -2.59. The first-order valence-corrected chi connectivity index (χ1v) is 13.2. The van der Waals surface area contributed by atoms with Gasteiger partial charge in [-0.15, -0.1) is 6.58 Å². The number of esters is 1. The minimum absolute atomic E-state index is 0.00684. The topological polar surface area (TPSA) is 96.4 Å². The number of carbonyl (C=O) groups is 3. The van der Waals surface area contributed by atoms with Crippen LogP contribution in [0.4, 0.5) is 5.69 Å². The second kappa shape index (κ2) is 10.7. The van der Waals surface area contributed by atoms with Crippen LogP contribution in [0.25, 0.3) is 0 Å². The van der Waals surface area contributed by atoms with E-state index < -0.39 is 41.6 Å². The maximum Gasteiger partial charge on any atom is 0.312 e. The number of hydrogen-bond acceptors (Lipinski definition) is 6. The molecule has 8 nitrogen and oxygen atoms in total. The smallest absolute Gasteiger partial charge is 0.312 e. The van der Waals surface area contributed by atoms with Crippen LogP contribution in [0.3, 0.4) is 0 Å². The largest absolute Gasteiger partial charge is 0.461 e. The second-order valence-electron chi connectivity index (χ2n) is 9.29. The van der Waals surface area contributed by atoms with Gasteiger partial charge in [-0.3, -0.25) is 14.4 Å². The van der Waals surface area contributed by atoms with Crippen molar-refractivity contribution in [1.82, 2.24) is 4.90 Å². The number of rotatable bonds is 10. The Morgan fingerprint density at radius 3 is 2.64 bits per heavy atom. The Morgan fingerprint density at radius 1 is 1.36 bits per heavy atom. The molecule has 3 aliphatic heterocycles. The van der Waals surface area contributed by atoms with E-state index in [0.29, 0.717) is 23.6 Å².